The van der Waals surface area contributed by atoms with Crippen LogP contribution in [0.4, 0.5) is 5.69 Å². The lowest BCUT2D eigenvalue weighted by Gasteiger charge is -2.14. The molecule has 1 aromatic heterocycles. The number of ether oxygens (including phenoxy) is 1. The van der Waals surface area contributed by atoms with Crippen LogP contribution in [0.15, 0.2) is 54.6 Å². The number of nitrogens with one attached hydrogen (secondary N) is 2. The van der Waals surface area contributed by atoms with Gasteiger partial charge in [0.15, 0.2) is 0 Å². The Labute approximate surface area is 161 Å². The predicted octanol–water partition coefficient (Wildman–Crippen LogP) is 4.85. The maximum Gasteiger partial charge on any atom is 0.118 e. The van der Waals surface area contributed by atoms with Gasteiger partial charge in [-0.25, -0.2) is 4.98 Å². The summed E-state index contributed by atoms with van der Waals surface area (Å²) in [6.45, 7) is 2.16. The standard InChI is InChI=1S/C23H27N3O/c1-27-19-12-10-17(11-13-19)22-16-23(20-8-2-3-9-21(20)26-22)25-15-5-7-18-6-4-14-24-18/h2-3,8-13,16,18,24H,4-7,14-15H2,1H3,(H,25,26). The van der Waals surface area contributed by atoms with E-state index < -0.39 is 0 Å². The first kappa shape index (κ1) is 17.8. The van der Waals surface area contributed by atoms with E-state index in [0.29, 0.717) is 6.04 Å². The molecule has 0 spiro atoms. The molecule has 1 atom stereocenters. The fraction of sp³-hybridized carbons (Fsp3) is 0.348. The monoisotopic (exact) mass is 361 g/mol. The summed E-state index contributed by atoms with van der Waals surface area (Å²) in [4.78, 5) is 4.86. The average molecular weight is 361 g/mol. The third-order valence-electron chi connectivity index (χ3n) is 5.31. The molecule has 0 bridgehead atoms. The van der Waals surface area contributed by atoms with Gasteiger partial charge in [-0.15, -0.1) is 0 Å². The van der Waals surface area contributed by atoms with Gasteiger partial charge in [0.25, 0.3) is 0 Å². The molecular weight excluding hydrogens is 334 g/mol. The number of rotatable bonds is 7. The van der Waals surface area contributed by atoms with E-state index in [0.717, 1.165) is 34.8 Å². The lowest BCUT2D eigenvalue weighted by molar-refractivity contribution is 0.415. The Balaban J connectivity index is 1.54. The highest BCUT2D eigenvalue weighted by Gasteiger charge is 2.13. The van der Waals surface area contributed by atoms with Crippen molar-refractivity contribution in [1.82, 2.24) is 10.3 Å². The predicted molar refractivity (Wildman–Crippen MR) is 112 cm³/mol. The Hall–Kier alpha value is -2.59. The molecular formula is C23H27N3O. The van der Waals surface area contributed by atoms with Crippen molar-refractivity contribution in [3.05, 3.63) is 54.6 Å². The molecule has 4 rings (SSSR count). The Morgan fingerprint density at radius 1 is 1.15 bits per heavy atom. The SMILES string of the molecule is COc1ccc(-c2cc(NCCCC3CCCN3)c3ccccc3n2)cc1. The van der Waals surface area contributed by atoms with Crippen molar-refractivity contribution in [2.24, 2.45) is 0 Å². The summed E-state index contributed by atoms with van der Waals surface area (Å²) in [5.74, 6) is 0.860. The summed E-state index contributed by atoms with van der Waals surface area (Å²) in [6, 6.07) is 19.3. The Bertz CT molecular complexity index is 886. The van der Waals surface area contributed by atoms with Crippen LogP contribution in [0.2, 0.25) is 0 Å². The zero-order valence-electron chi connectivity index (χ0n) is 15.9. The van der Waals surface area contributed by atoms with Crippen LogP contribution in [0, 0.1) is 0 Å². The van der Waals surface area contributed by atoms with Gasteiger partial charge in [-0.05, 0) is 68.6 Å². The third-order valence-corrected chi connectivity index (χ3v) is 5.31. The van der Waals surface area contributed by atoms with E-state index in [4.69, 9.17) is 9.72 Å². The van der Waals surface area contributed by atoms with Crippen LogP contribution in [-0.4, -0.2) is 31.2 Å². The number of aromatic nitrogens is 1. The van der Waals surface area contributed by atoms with Crippen molar-refractivity contribution in [1.29, 1.82) is 0 Å². The van der Waals surface area contributed by atoms with Crippen LogP contribution in [0.1, 0.15) is 25.7 Å². The number of fused-ring (bicyclic) bond motifs is 1. The molecule has 1 fully saturated rings. The summed E-state index contributed by atoms with van der Waals surface area (Å²) in [5.41, 5.74) is 4.26. The number of methoxy groups -OCH3 is 1. The molecule has 1 unspecified atom stereocenters. The molecule has 2 N–H and O–H groups in total. The van der Waals surface area contributed by atoms with Crippen LogP contribution >= 0.6 is 0 Å². The van der Waals surface area contributed by atoms with Crippen molar-refractivity contribution >= 4 is 16.6 Å². The first-order chi connectivity index (χ1) is 13.3. The minimum absolute atomic E-state index is 0.704. The second-order valence-corrected chi connectivity index (χ2v) is 7.16. The molecule has 4 nitrogen and oxygen atoms in total. The molecule has 3 aromatic rings. The van der Waals surface area contributed by atoms with Gasteiger partial charge in [0.2, 0.25) is 0 Å². The van der Waals surface area contributed by atoms with Gasteiger partial charge in [0, 0.05) is 29.2 Å². The number of nitrogens with zero attached hydrogens (tertiary/aromatic N) is 1. The molecule has 0 saturated carbocycles. The maximum atomic E-state index is 5.27. The Kier molecular flexibility index (Phi) is 5.54. The first-order valence-corrected chi connectivity index (χ1v) is 9.85. The van der Waals surface area contributed by atoms with E-state index in [1.54, 1.807) is 7.11 Å². The number of para-hydroxylation sites is 1. The van der Waals surface area contributed by atoms with Gasteiger partial charge in [0.05, 0.1) is 18.3 Å². The van der Waals surface area contributed by atoms with Crippen LogP contribution < -0.4 is 15.4 Å². The lowest BCUT2D eigenvalue weighted by Crippen LogP contribution is -2.21. The van der Waals surface area contributed by atoms with E-state index in [2.05, 4.69) is 47.0 Å². The third kappa shape index (κ3) is 4.22. The minimum Gasteiger partial charge on any atom is -0.497 e. The summed E-state index contributed by atoms with van der Waals surface area (Å²) in [7, 11) is 1.69. The first-order valence-electron chi connectivity index (χ1n) is 9.85. The van der Waals surface area contributed by atoms with E-state index in [9.17, 15) is 0 Å². The Morgan fingerprint density at radius 2 is 2.00 bits per heavy atom. The van der Waals surface area contributed by atoms with Crippen molar-refractivity contribution in [3.63, 3.8) is 0 Å². The largest absolute Gasteiger partial charge is 0.497 e. The van der Waals surface area contributed by atoms with E-state index in [-0.39, 0.29) is 0 Å². The minimum atomic E-state index is 0.704. The molecule has 0 aliphatic carbocycles. The van der Waals surface area contributed by atoms with Crippen LogP contribution in [0.3, 0.4) is 0 Å². The van der Waals surface area contributed by atoms with Crippen LogP contribution in [0.5, 0.6) is 5.75 Å². The highest BCUT2D eigenvalue weighted by molar-refractivity contribution is 5.93. The Morgan fingerprint density at radius 3 is 2.78 bits per heavy atom. The van der Waals surface area contributed by atoms with Gasteiger partial charge in [-0.2, -0.15) is 0 Å². The molecule has 0 amide bonds. The number of benzene rings is 2. The lowest BCUT2D eigenvalue weighted by atomic mass is 10.1. The van der Waals surface area contributed by atoms with Crippen molar-refractivity contribution < 1.29 is 4.74 Å². The van der Waals surface area contributed by atoms with Gasteiger partial charge in [0.1, 0.15) is 5.75 Å². The zero-order chi connectivity index (χ0) is 18.5. The van der Waals surface area contributed by atoms with Crippen molar-refractivity contribution in [2.75, 3.05) is 25.5 Å². The molecule has 1 aliphatic rings. The summed E-state index contributed by atoms with van der Waals surface area (Å²) >= 11 is 0. The van der Waals surface area contributed by atoms with E-state index >= 15 is 0 Å². The summed E-state index contributed by atoms with van der Waals surface area (Å²) in [5, 5.41) is 8.40. The normalized spacial score (nSPS) is 16.6. The summed E-state index contributed by atoms with van der Waals surface area (Å²) in [6.07, 6.45) is 5.05. The highest BCUT2D eigenvalue weighted by Crippen LogP contribution is 2.29. The number of pyridine rings is 1. The molecule has 1 saturated heterocycles. The fourth-order valence-electron chi connectivity index (χ4n) is 3.81. The second-order valence-electron chi connectivity index (χ2n) is 7.16. The second kappa shape index (κ2) is 8.40. The van der Waals surface area contributed by atoms with Gasteiger partial charge in [-0.1, -0.05) is 18.2 Å². The zero-order valence-corrected chi connectivity index (χ0v) is 15.9. The van der Waals surface area contributed by atoms with E-state index in [1.807, 2.05) is 18.2 Å². The summed E-state index contributed by atoms with van der Waals surface area (Å²) < 4.78 is 5.27. The smallest absolute Gasteiger partial charge is 0.118 e. The number of anilines is 1. The number of hydrogen-bond donors (Lipinski definition) is 2. The van der Waals surface area contributed by atoms with E-state index in [1.165, 1.54) is 37.6 Å². The number of hydrogen-bond acceptors (Lipinski definition) is 4. The van der Waals surface area contributed by atoms with Crippen molar-refractivity contribution in [3.8, 4) is 17.0 Å². The maximum absolute atomic E-state index is 5.27. The van der Waals surface area contributed by atoms with Crippen molar-refractivity contribution in [2.45, 2.75) is 31.7 Å². The average Bonchev–Trinajstić information content (AvgIpc) is 3.24. The highest BCUT2D eigenvalue weighted by atomic mass is 16.5. The quantitative estimate of drug-likeness (QED) is 0.590. The molecule has 140 valence electrons. The fourth-order valence-corrected chi connectivity index (χ4v) is 3.81. The van der Waals surface area contributed by atoms with Gasteiger partial charge < -0.3 is 15.4 Å². The molecule has 0 radical (unpaired) electrons. The molecule has 4 heteroatoms. The topological polar surface area (TPSA) is 46.2 Å². The van der Waals surface area contributed by atoms with Gasteiger partial charge in [-0.3, -0.25) is 0 Å². The molecule has 27 heavy (non-hydrogen) atoms. The molecule has 2 aromatic carbocycles. The molecule has 2 heterocycles. The van der Waals surface area contributed by atoms with Gasteiger partial charge >= 0.3 is 0 Å². The molecule has 1 aliphatic heterocycles. The van der Waals surface area contributed by atoms with Crippen LogP contribution in [-0.2, 0) is 0 Å². The van der Waals surface area contributed by atoms with Crippen LogP contribution in [0.25, 0.3) is 22.2 Å².